The van der Waals surface area contributed by atoms with Gasteiger partial charge in [0, 0.05) is 24.4 Å². The first-order valence-corrected chi connectivity index (χ1v) is 7.95. The molecular weight excluding hydrogens is 340 g/mol. The van der Waals surface area contributed by atoms with Crippen LogP contribution in [0.4, 0.5) is 26.2 Å². The van der Waals surface area contributed by atoms with E-state index in [1.807, 2.05) is 6.07 Å². The Kier molecular flexibility index (Phi) is 5.33. The van der Waals surface area contributed by atoms with Gasteiger partial charge in [0.05, 0.1) is 23.7 Å². The van der Waals surface area contributed by atoms with Crippen molar-refractivity contribution in [2.45, 2.75) is 13.0 Å². The first-order valence-electron chi connectivity index (χ1n) is 7.95. The number of hydrogen-bond acceptors (Lipinski definition) is 6. The van der Waals surface area contributed by atoms with Crippen molar-refractivity contribution in [1.82, 2.24) is 15.0 Å². The molecule has 2 aromatic heterocycles. The van der Waals surface area contributed by atoms with Gasteiger partial charge in [0.25, 0.3) is 0 Å². The van der Waals surface area contributed by atoms with E-state index < -0.39 is 11.6 Å². The molecule has 0 amide bonds. The molecule has 0 aliphatic rings. The normalized spacial score (nSPS) is 11.8. The molecule has 3 N–H and O–H groups in total. The highest BCUT2D eigenvalue weighted by atomic mass is 19.1. The molecule has 6 nitrogen and oxygen atoms in total. The lowest BCUT2D eigenvalue weighted by Crippen LogP contribution is -2.21. The van der Waals surface area contributed by atoms with Crippen molar-refractivity contribution in [3.8, 4) is 11.4 Å². The summed E-state index contributed by atoms with van der Waals surface area (Å²) in [7, 11) is 0. The van der Waals surface area contributed by atoms with Gasteiger partial charge in [-0.15, -0.1) is 0 Å². The molecule has 26 heavy (non-hydrogen) atoms. The van der Waals surface area contributed by atoms with Crippen molar-refractivity contribution in [2.24, 2.45) is 0 Å². The standard InChI is InChI=1S/C18H17F2N5O/c1-11(10-26)22-18-24-16(15-4-2-3-7-21-15)9-17(25-18)23-14-6-5-12(19)8-13(14)20/h2-9,11,26H,10H2,1H3,(H2,22,23,24,25)/t11-/m0/s1. The van der Waals surface area contributed by atoms with E-state index in [0.717, 1.165) is 12.1 Å². The van der Waals surface area contributed by atoms with Gasteiger partial charge >= 0.3 is 0 Å². The summed E-state index contributed by atoms with van der Waals surface area (Å²) in [4.78, 5) is 12.9. The summed E-state index contributed by atoms with van der Waals surface area (Å²) < 4.78 is 27.0. The predicted molar refractivity (Wildman–Crippen MR) is 95.1 cm³/mol. The van der Waals surface area contributed by atoms with E-state index in [1.165, 1.54) is 6.07 Å². The summed E-state index contributed by atoms with van der Waals surface area (Å²) in [5.41, 5.74) is 1.20. The van der Waals surface area contributed by atoms with E-state index >= 15 is 0 Å². The molecule has 134 valence electrons. The maximum absolute atomic E-state index is 13.9. The van der Waals surface area contributed by atoms with Crippen LogP contribution in [0.1, 0.15) is 6.92 Å². The van der Waals surface area contributed by atoms with Gasteiger partial charge in [-0.25, -0.2) is 13.8 Å². The first-order chi connectivity index (χ1) is 12.5. The Hall–Kier alpha value is -3.13. The van der Waals surface area contributed by atoms with Gasteiger partial charge in [0.15, 0.2) is 0 Å². The number of anilines is 3. The van der Waals surface area contributed by atoms with E-state index in [4.69, 9.17) is 0 Å². The molecule has 0 saturated carbocycles. The SMILES string of the molecule is C[C@@H](CO)Nc1nc(Nc2ccc(F)cc2F)cc(-c2ccccn2)n1. The van der Waals surface area contributed by atoms with Gasteiger partial charge in [-0.3, -0.25) is 4.98 Å². The van der Waals surface area contributed by atoms with Gasteiger partial charge in [-0.1, -0.05) is 6.07 Å². The smallest absolute Gasteiger partial charge is 0.225 e. The van der Waals surface area contributed by atoms with Crippen LogP contribution in [0.2, 0.25) is 0 Å². The van der Waals surface area contributed by atoms with E-state index in [2.05, 4.69) is 25.6 Å². The third kappa shape index (κ3) is 4.28. The van der Waals surface area contributed by atoms with Crippen LogP contribution in [0, 0.1) is 11.6 Å². The number of nitrogens with zero attached hydrogens (tertiary/aromatic N) is 3. The molecule has 2 heterocycles. The third-order valence-corrected chi connectivity index (χ3v) is 3.50. The number of aliphatic hydroxyl groups excluding tert-OH is 1. The van der Waals surface area contributed by atoms with Crippen LogP contribution < -0.4 is 10.6 Å². The molecule has 0 fully saturated rings. The molecule has 3 rings (SSSR count). The zero-order valence-corrected chi connectivity index (χ0v) is 13.9. The lowest BCUT2D eigenvalue weighted by molar-refractivity contribution is 0.281. The number of rotatable bonds is 6. The highest BCUT2D eigenvalue weighted by Crippen LogP contribution is 2.24. The molecule has 1 atom stereocenters. The van der Waals surface area contributed by atoms with Crippen molar-refractivity contribution in [3.05, 3.63) is 60.3 Å². The van der Waals surface area contributed by atoms with Crippen molar-refractivity contribution < 1.29 is 13.9 Å². The minimum atomic E-state index is -0.735. The number of hydrogen-bond donors (Lipinski definition) is 3. The Morgan fingerprint density at radius 3 is 2.62 bits per heavy atom. The highest BCUT2D eigenvalue weighted by molar-refractivity contribution is 5.65. The molecule has 0 saturated heterocycles. The summed E-state index contributed by atoms with van der Waals surface area (Å²) in [5, 5.41) is 15.0. The predicted octanol–water partition coefficient (Wildman–Crippen LogP) is 3.35. The second-order valence-electron chi connectivity index (χ2n) is 5.65. The van der Waals surface area contributed by atoms with E-state index in [-0.39, 0.29) is 24.3 Å². The topological polar surface area (TPSA) is 83.0 Å². The van der Waals surface area contributed by atoms with Crippen LogP contribution in [-0.4, -0.2) is 32.7 Å². The fraction of sp³-hybridized carbons (Fsp3) is 0.167. The Balaban J connectivity index is 1.98. The van der Waals surface area contributed by atoms with Crippen LogP contribution in [0.15, 0.2) is 48.7 Å². The maximum atomic E-state index is 13.9. The van der Waals surface area contributed by atoms with Gasteiger partial charge < -0.3 is 15.7 Å². The molecule has 0 spiro atoms. The molecule has 0 aliphatic carbocycles. The zero-order chi connectivity index (χ0) is 18.5. The molecule has 3 aromatic rings. The number of aliphatic hydroxyl groups is 1. The molecule has 1 aromatic carbocycles. The van der Waals surface area contributed by atoms with Gasteiger partial charge in [-0.05, 0) is 31.2 Å². The van der Waals surface area contributed by atoms with Crippen molar-refractivity contribution in [3.63, 3.8) is 0 Å². The summed E-state index contributed by atoms with van der Waals surface area (Å²) in [6.45, 7) is 1.66. The highest BCUT2D eigenvalue weighted by Gasteiger charge is 2.11. The fourth-order valence-electron chi connectivity index (χ4n) is 2.22. The average molecular weight is 357 g/mol. The monoisotopic (exact) mass is 357 g/mol. The minimum absolute atomic E-state index is 0.0817. The molecule has 0 radical (unpaired) electrons. The lowest BCUT2D eigenvalue weighted by atomic mass is 10.2. The van der Waals surface area contributed by atoms with E-state index in [0.29, 0.717) is 17.2 Å². The summed E-state index contributed by atoms with van der Waals surface area (Å²) in [6, 6.07) is 9.95. The molecule has 0 unspecified atom stereocenters. The van der Waals surface area contributed by atoms with Crippen molar-refractivity contribution in [2.75, 3.05) is 17.2 Å². The van der Waals surface area contributed by atoms with E-state index in [1.54, 1.807) is 31.3 Å². The zero-order valence-electron chi connectivity index (χ0n) is 13.9. The van der Waals surface area contributed by atoms with Crippen molar-refractivity contribution in [1.29, 1.82) is 0 Å². The molecule has 0 aliphatic heterocycles. The first kappa shape index (κ1) is 17.7. The molecular formula is C18H17F2N5O. The average Bonchev–Trinajstić information content (AvgIpc) is 2.64. The number of aromatic nitrogens is 3. The number of pyridine rings is 1. The second-order valence-corrected chi connectivity index (χ2v) is 5.65. The summed E-state index contributed by atoms with van der Waals surface area (Å²) in [5.74, 6) is -0.844. The van der Waals surface area contributed by atoms with Crippen LogP contribution >= 0.6 is 0 Å². The summed E-state index contributed by atoms with van der Waals surface area (Å²) in [6.07, 6.45) is 1.63. The van der Waals surface area contributed by atoms with E-state index in [9.17, 15) is 13.9 Å². The van der Waals surface area contributed by atoms with Crippen LogP contribution in [0.5, 0.6) is 0 Å². The van der Waals surface area contributed by atoms with Gasteiger partial charge in [0.1, 0.15) is 17.5 Å². The lowest BCUT2D eigenvalue weighted by Gasteiger charge is -2.14. The minimum Gasteiger partial charge on any atom is -0.394 e. The Morgan fingerprint density at radius 2 is 1.92 bits per heavy atom. The van der Waals surface area contributed by atoms with Crippen LogP contribution in [-0.2, 0) is 0 Å². The van der Waals surface area contributed by atoms with Crippen LogP contribution in [0.3, 0.4) is 0 Å². The second kappa shape index (κ2) is 7.83. The van der Waals surface area contributed by atoms with Gasteiger partial charge in [-0.2, -0.15) is 4.98 Å². The number of halogens is 2. The Labute approximate surface area is 149 Å². The molecule has 8 heteroatoms. The van der Waals surface area contributed by atoms with Crippen molar-refractivity contribution >= 4 is 17.5 Å². The van der Waals surface area contributed by atoms with Gasteiger partial charge in [0.2, 0.25) is 5.95 Å². The quantitative estimate of drug-likeness (QED) is 0.628. The number of benzene rings is 1. The van der Waals surface area contributed by atoms with Crippen LogP contribution in [0.25, 0.3) is 11.4 Å². The Morgan fingerprint density at radius 1 is 1.08 bits per heavy atom. The fourth-order valence-corrected chi connectivity index (χ4v) is 2.22. The third-order valence-electron chi connectivity index (χ3n) is 3.50. The summed E-state index contributed by atoms with van der Waals surface area (Å²) >= 11 is 0. The largest absolute Gasteiger partial charge is 0.394 e. The maximum Gasteiger partial charge on any atom is 0.225 e. The molecule has 0 bridgehead atoms. The Bertz CT molecular complexity index is 892. The number of nitrogens with one attached hydrogen (secondary N) is 2.